The number of rotatable bonds is 9. The van der Waals surface area contributed by atoms with E-state index in [1.54, 1.807) is 18.2 Å². The predicted octanol–water partition coefficient (Wildman–Crippen LogP) is -0.0996. The first-order chi connectivity index (χ1) is 18.7. The minimum Gasteiger partial charge on any atom is -0.458 e. The molecule has 3 aliphatic heterocycles. The minimum absolute atomic E-state index is 0.0361. The summed E-state index contributed by atoms with van der Waals surface area (Å²) in [6.07, 6.45) is -0.717. The van der Waals surface area contributed by atoms with Crippen LogP contribution >= 0.6 is 0 Å². The van der Waals surface area contributed by atoms with Crippen molar-refractivity contribution in [1.29, 1.82) is 0 Å². The fraction of sp³-hybridized carbons (Fsp3) is 0.577. The number of hydrogen-bond donors (Lipinski definition) is 4. The van der Waals surface area contributed by atoms with Crippen LogP contribution in [0.4, 0.5) is 5.69 Å². The molecule has 4 N–H and O–H groups in total. The summed E-state index contributed by atoms with van der Waals surface area (Å²) >= 11 is 0. The van der Waals surface area contributed by atoms with E-state index in [1.807, 2.05) is 6.92 Å². The molecular weight excluding hydrogens is 510 g/mol. The molecule has 0 bridgehead atoms. The van der Waals surface area contributed by atoms with Crippen LogP contribution in [0.25, 0.3) is 0 Å². The zero-order valence-electron chi connectivity index (χ0n) is 22.1. The van der Waals surface area contributed by atoms with Crippen molar-refractivity contribution < 1.29 is 38.6 Å². The van der Waals surface area contributed by atoms with Crippen LogP contribution in [0.1, 0.15) is 56.3 Å². The van der Waals surface area contributed by atoms with Crippen LogP contribution in [-0.4, -0.2) is 94.9 Å². The van der Waals surface area contributed by atoms with Crippen LogP contribution < -0.4 is 16.0 Å². The Labute approximate surface area is 226 Å². The molecule has 4 amide bonds. The van der Waals surface area contributed by atoms with E-state index in [0.717, 1.165) is 0 Å². The van der Waals surface area contributed by atoms with E-state index in [-0.39, 0.29) is 43.2 Å². The Morgan fingerprint density at radius 3 is 2.77 bits per heavy atom. The van der Waals surface area contributed by atoms with Gasteiger partial charge < -0.3 is 25.2 Å². The molecule has 1 aromatic carbocycles. The molecule has 39 heavy (non-hydrogen) atoms. The second-order valence-corrected chi connectivity index (χ2v) is 9.85. The van der Waals surface area contributed by atoms with Gasteiger partial charge in [-0.3, -0.25) is 34.3 Å². The number of hydrogen-bond acceptors (Lipinski definition) is 9. The van der Waals surface area contributed by atoms with Gasteiger partial charge in [0, 0.05) is 37.7 Å². The molecule has 0 aliphatic carbocycles. The highest BCUT2D eigenvalue weighted by Crippen LogP contribution is 2.27. The van der Waals surface area contributed by atoms with Gasteiger partial charge in [-0.25, -0.2) is 5.01 Å². The lowest BCUT2D eigenvalue weighted by atomic mass is 10.0. The highest BCUT2D eigenvalue weighted by molar-refractivity contribution is 6.00. The SMILES string of the molecule is CCOCC1OC(=O)C[C@@H]1NC(O)[C@@H]1CCCN2C(=O)CC[C@H](NC(=O)c3cccc(NC(C)=O)c3)C(=O)N12. The summed E-state index contributed by atoms with van der Waals surface area (Å²) in [4.78, 5) is 63.0. The Hall–Kier alpha value is -3.55. The number of esters is 1. The standard InChI is InChI=1S/C26H35N5O8/c1-3-38-14-21-19(13-23(34)39-21)29-25(36)20-8-5-11-30-22(33)10-9-18(26(37)31(20)30)28-24(35)16-6-4-7-17(12-16)27-15(2)32/h4,6-7,12,18-21,25,29,36H,3,5,8-11,13-14H2,1-2H3,(H,27,32)(H,28,35)/t18-,19-,20-,21?,25?/m0/s1. The van der Waals surface area contributed by atoms with Crippen LogP contribution in [0, 0.1) is 0 Å². The lowest BCUT2D eigenvalue weighted by molar-refractivity contribution is -0.181. The maximum absolute atomic E-state index is 13.7. The second kappa shape index (κ2) is 12.5. The molecule has 3 saturated heterocycles. The maximum Gasteiger partial charge on any atom is 0.307 e. The maximum atomic E-state index is 13.7. The Bertz CT molecular complexity index is 1110. The van der Waals surface area contributed by atoms with Gasteiger partial charge in [0.1, 0.15) is 18.4 Å². The Morgan fingerprint density at radius 2 is 2.03 bits per heavy atom. The Balaban J connectivity index is 1.49. The number of amides is 4. The molecule has 5 atom stereocenters. The number of nitrogens with zero attached hydrogens (tertiary/aromatic N) is 2. The van der Waals surface area contributed by atoms with Crippen LogP contribution in [0.3, 0.4) is 0 Å². The van der Waals surface area contributed by atoms with Crippen molar-refractivity contribution >= 4 is 35.3 Å². The molecule has 0 spiro atoms. The molecule has 2 unspecified atom stereocenters. The molecule has 3 fully saturated rings. The van der Waals surface area contributed by atoms with Crippen molar-refractivity contribution in [3.63, 3.8) is 0 Å². The monoisotopic (exact) mass is 545 g/mol. The normalized spacial score (nSPS) is 26.0. The average Bonchev–Trinajstić information content (AvgIpc) is 3.20. The molecule has 13 heteroatoms. The van der Waals surface area contributed by atoms with Crippen LogP contribution in [0.2, 0.25) is 0 Å². The van der Waals surface area contributed by atoms with E-state index in [0.29, 0.717) is 31.7 Å². The van der Waals surface area contributed by atoms with Crippen molar-refractivity contribution in [2.45, 2.75) is 76.4 Å². The van der Waals surface area contributed by atoms with E-state index in [2.05, 4.69) is 16.0 Å². The number of cyclic esters (lactones) is 1. The predicted molar refractivity (Wildman–Crippen MR) is 137 cm³/mol. The zero-order valence-corrected chi connectivity index (χ0v) is 22.1. The van der Waals surface area contributed by atoms with Gasteiger partial charge in [0.25, 0.3) is 11.8 Å². The topological polar surface area (TPSA) is 167 Å². The lowest BCUT2D eigenvalue weighted by Crippen LogP contribution is -2.65. The first kappa shape index (κ1) is 28.5. The molecule has 4 rings (SSSR count). The van der Waals surface area contributed by atoms with Crippen LogP contribution in [-0.2, 0) is 28.7 Å². The summed E-state index contributed by atoms with van der Waals surface area (Å²) < 4.78 is 10.7. The van der Waals surface area contributed by atoms with Gasteiger partial charge in [-0.15, -0.1) is 0 Å². The summed E-state index contributed by atoms with van der Waals surface area (Å²) in [6, 6.07) is 3.96. The molecule has 3 heterocycles. The fourth-order valence-corrected chi connectivity index (χ4v) is 5.17. The van der Waals surface area contributed by atoms with Gasteiger partial charge in [0.2, 0.25) is 11.8 Å². The third-order valence-electron chi connectivity index (χ3n) is 7.01. The van der Waals surface area contributed by atoms with Gasteiger partial charge in [0.15, 0.2) is 0 Å². The number of anilines is 1. The van der Waals surface area contributed by atoms with E-state index in [9.17, 15) is 29.1 Å². The van der Waals surface area contributed by atoms with E-state index >= 15 is 0 Å². The number of carbonyl (C=O) groups excluding carboxylic acids is 5. The van der Waals surface area contributed by atoms with Gasteiger partial charge in [0.05, 0.1) is 25.1 Å². The molecule has 3 aliphatic rings. The molecule has 0 saturated carbocycles. The number of hydrazine groups is 1. The fourth-order valence-electron chi connectivity index (χ4n) is 5.17. The van der Waals surface area contributed by atoms with Crippen molar-refractivity contribution in [3.05, 3.63) is 29.8 Å². The zero-order chi connectivity index (χ0) is 28.1. The van der Waals surface area contributed by atoms with E-state index in [4.69, 9.17) is 9.47 Å². The Morgan fingerprint density at radius 1 is 1.23 bits per heavy atom. The molecule has 212 valence electrons. The van der Waals surface area contributed by atoms with Gasteiger partial charge in [-0.1, -0.05) is 6.07 Å². The van der Waals surface area contributed by atoms with Crippen molar-refractivity contribution in [2.24, 2.45) is 0 Å². The number of benzene rings is 1. The summed E-state index contributed by atoms with van der Waals surface area (Å²) in [5, 5.41) is 22.1. The number of aliphatic hydroxyl groups excluding tert-OH is 1. The number of ether oxygens (including phenoxy) is 2. The van der Waals surface area contributed by atoms with Gasteiger partial charge >= 0.3 is 5.97 Å². The quantitative estimate of drug-likeness (QED) is 0.245. The summed E-state index contributed by atoms with van der Waals surface area (Å²) in [6.45, 7) is 4.10. The third kappa shape index (κ3) is 6.72. The largest absolute Gasteiger partial charge is 0.458 e. The lowest BCUT2D eigenvalue weighted by Gasteiger charge is -2.46. The summed E-state index contributed by atoms with van der Waals surface area (Å²) in [5.74, 6) is -2.03. The number of aliphatic hydroxyl groups is 1. The first-order valence-electron chi connectivity index (χ1n) is 13.2. The first-order valence-corrected chi connectivity index (χ1v) is 13.2. The third-order valence-corrected chi connectivity index (χ3v) is 7.01. The molecule has 1 aromatic rings. The molecule has 0 radical (unpaired) electrons. The van der Waals surface area contributed by atoms with E-state index in [1.165, 1.54) is 23.0 Å². The number of nitrogens with one attached hydrogen (secondary N) is 3. The van der Waals surface area contributed by atoms with Crippen molar-refractivity contribution in [2.75, 3.05) is 25.1 Å². The summed E-state index contributed by atoms with van der Waals surface area (Å²) in [7, 11) is 0. The number of carbonyl (C=O) groups is 5. The van der Waals surface area contributed by atoms with E-state index < -0.39 is 48.2 Å². The highest BCUT2D eigenvalue weighted by atomic mass is 16.6. The smallest absolute Gasteiger partial charge is 0.307 e. The molecular formula is C26H35N5O8. The minimum atomic E-state index is -1.27. The molecule has 0 aromatic heterocycles. The second-order valence-electron chi connectivity index (χ2n) is 9.85. The van der Waals surface area contributed by atoms with Gasteiger partial charge in [-0.05, 0) is 44.4 Å². The summed E-state index contributed by atoms with van der Waals surface area (Å²) in [5.41, 5.74) is 0.676. The van der Waals surface area contributed by atoms with Crippen LogP contribution in [0.5, 0.6) is 0 Å². The van der Waals surface area contributed by atoms with Gasteiger partial charge in [-0.2, -0.15) is 0 Å². The number of fused-ring (bicyclic) bond motifs is 1. The van der Waals surface area contributed by atoms with Crippen LogP contribution in [0.15, 0.2) is 24.3 Å². The average molecular weight is 546 g/mol. The van der Waals surface area contributed by atoms with Crippen molar-refractivity contribution in [3.8, 4) is 0 Å². The molecule has 13 nitrogen and oxygen atoms in total. The highest BCUT2D eigenvalue weighted by Gasteiger charge is 2.46. The Kier molecular flexibility index (Phi) is 9.15. The van der Waals surface area contributed by atoms with Crippen molar-refractivity contribution in [1.82, 2.24) is 20.7 Å².